The summed E-state index contributed by atoms with van der Waals surface area (Å²) in [6.45, 7) is 0. The van der Waals surface area contributed by atoms with Crippen molar-refractivity contribution < 1.29 is 9.22 Å². The molecule has 0 amide bonds. The molecule has 0 heterocycles. The predicted octanol–water partition coefficient (Wildman–Crippen LogP) is -3.54. The van der Waals surface area contributed by atoms with E-state index in [2.05, 4.69) is 0 Å². The highest BCUT2D eigenvalue weighted by Gasteiger charge is 1.71. The van der Waals surface area contributed by atoms with E-state index in [4.69, 9.17) is 9.22 Å². The summed E-state index contributed by atoms with van der Waals surface area (Å²) in [6, 6.07) is 0. The van der Waals surface area contributed by atoms with Crippen LogP contribution in [-0.4, -0.2) is 40.2 Å². The minimum atomic E-state index is -0.140. The zero-order valence-electron chi connectivity index (χ0n) is 3.93. The summed E-state index contributed by atoms with van der Waals surface area (Å²) < 4.78 is 4.77. The minimum absolute atomic E-state index is 0.140. The highest BCUT2D eigenvalue weighted by molar-refractivity contribution is 6.78. The molecule has 0 spiro atoms. The van der Waals surface area contributed by atoms with Gasteiger partial charge in [0, 0.05) is 0 Å². The van der Waals surface area contributed by atoms with Gasteiger partial charge in [0.1, 0.15) is 0 Å². The molecule has 0 aromatic carbocycles. The summed E-state index contributed by atoms with van der Waals surface area (Å²) in [5.41, 5.74) is 0. The molecule has 0 aromatic heterocycles. The van der Waals surface area contributed by atoms with E-state index in [-0.39, 0.29) is 9.38 Å². The average molecular weight is 136 g/mol. The molecule has 0 aliphatic heterocycles. The second kappa shape index (κ2) is 3.32. The first kappa shape index (κ1) is 6.12. The lowest BCUT2D eigenvalue weighted by atomic mass is 11.7. The Balaban J connectivity index is 3.14. The second-order valence-electron chi connectivity index (χ2n) is 0.995. The normalized spacial score (nSPS) is 12.3. The molecule has 0 aliphatic rings. The second-order valence-corrected chi connectivity index (χ2v) is 6.13. The van der Waals surface area contributed by atoms with E-state index in [1.54, 1.807) is 0 Å². The highest BCUT2D eigenvalue weighted by Crippen LogP contribution is 1.46. The number of hydrogen-bond donors (Lipinski definition) is 1. The predicted molar refractivity (Wildman–Crippen MR) is 35.1 cm³/mol. The first-order valence-corrected chi connectivity index (χ1v) is 4.52. The maximum atomic E-state index is 8.47. The van der Waals surface area contributed by atoms with Crippen molar-refractivity contribution in [2.24, 2.45) is 0 Å². The van der Waals surface area contributed by atoms with E-state index in [0.717, 1.165) is 20.7 Å². The molecule has 0 aliphatic carbocycles. The molecule has 1 N–H and O–H groups in total. The summed E-state index contributed by atoms with van der Waals surface area (Å²) in [5.74, 6) is 0. The van der Waals surface area contributed by atoms with Gasteiger partial charge >= 0.3 is 0 Å². The number of aliphatic hydroxyl groups is 1. The first-order valence-electron chi connectivity index (χ1n) is 1.66. The van der Waals surface area contributed by atoms with Crippen LogP contribution in [0.3, 0.4) is 0 Å². The first-order chi connectivity index (χ1) is 2.77. The van der Waals surface area contributed by atoms with Gasteiger partial charge in [0.25, 0.3) is 0 Å². The molecular weight excluding hydrogens is 128 g/mol. The lowest BCUT2D eigenvalue weighted by Crippen LogP contribution is -2.02. The lowest BCUT2D eigenvalue weighted by Gasteiger charge is -1.85. The summed E-state index contributed by atoms with van der Waals surface area (Å²) >= 11 is 0. The van der Waals surface area contributed by atoms with Crippen LogP contribution in [0.15, 0.2) is 0 Å². The van der Waals surface area contributed by atoms with Gasteiger partial charge in [0.05, 0.1) is 15.2 Å². The van der Waals surface area contributed by atoms with Crippen molar-refractivity contribution in [3.63, 3.8) is 0 Å². The van der Waals surface area contributed by atoms with Crippen molar-refractivity contribution in [2.75, 3.05) is 0 Å². The average Bonchev–Trinajstić information content (AvgIpc) is 1.35. The molecule has 0 rings (SSSR count). The standard InChI is InChI=1S/CH8O2Si3/c2-1(4)6-3-5/h2,6H,4-5H3. The Morgan fingerprint density at radius 1 is 1.83 bits per heavy atom. The Morgan fingerprint density at radius 2 is 2.33 bits per heavy atom. The number of aliphatic hydroxyl groups excluding tert-OH is 1. The molecule has 0 saturated heterocycles. The quantitative estimate of drug-likeness (QED) is 0.379. The molecule has 0 atom stereocenters. The van der Waals surface area contributed by atoms with Gasteiger partial charge in [-0.1, -0.05) is 0 Å². The van der Waals surface area contributed by atoms with Crippen molar-refractivity contribution in [1.29, 1.82) is 0 Å². The molecule has 5 heteroatoms. The van der Waals surface area contributed by atoms with Crippen molar-refractivity contribution >= 4 is 35.1 Å². The molecule has 6 heavy (non-hydrogen) atoms. The van der Waals surface area contributed by atoms with Crippen LogP contribution in [0.5, 0.6) is 0 Å². The van der Waals surface area contributed by atoms with Gasteiger partial charge in [-0.2, -0.15) is 0 Å². The maximum Gasteiger partial charge on any atom is 0.233 e. The lowest BCUT2D eigenvalue weighted by molar-refractivity contribution is 0.573. The van der Waals surface area contributed by atoms with E-state index in [9.17, 15) is 0 Å². The molecule has 0 unspecified atom stereocenters. The third-order valence-electron chi connectivity index (χ3n) is 0.288. The van der Waals surface area contributed by atoms with E-state index in [0.29, 0.717) is 4.98 Å². The van der Waals surface area contributed by atoms with Gasteiger partial charge in [0.15, 0.2) is 10.5 Å². The molecule has 0 aromatic rings. The zero-order valence-corrected chi connectivity index (χ0v) is 9.09. The Labute approximate surface area is 45.0 Å². The Kier molecular flexibility index (Phi) is 3.38. The van der Waals surface area contributed by atoms with Gasteiger partial charge in [-0.15, -0.1) is 0 Å². The fourth-order valence-electron chi connectivity index (χ4n) is 0.171. The fraction of sp³-hybridized carbons (Fsp3) is 0. The molecule has 0 fully saturated rings. The smallest absolute Gasteiger partial charge is 0.233 e. The molecule has 0 radical (unpaired) electrons. The van der Waals surface area contributed by atoms with Crippen LogP contribution in [0.25, 0.3) is 0 Å². The van der Waals surface area contributed by atoms with E-state index < -0.39 is 0 Å². The van der Waals surface area contributed by atoms with Gasteiger partial charge in [-0.3, -0.25) is 0 Å². The van der Waals surface area contributed by atoms with Crippen molar-refractivity contribution in [3.05, 3.63) is 0 Å². The third kappa shape index (κ3) is 4.12. The summed E-state index contributed by atoms with van der Waals surface area (Å²) in [7, 11) is 1.41. The molecule has 36 valence electrons. The minimum Gasteiger partial charge on any atom is -0.612 e. The largest absolute Gasteiger partial charge is 0.612 e. The molecule has 0 bridgehead atoms. The van der Waals surface area contributed by atoms with Gasteiger partial charge in [-0.25, -0.2) is 0 Å². The third-order valence-corrected chi connectivity index (χ3v) is 2.28. The Bertz CT molecular complexity index is 55.8. The highest BCUT2D eigenvalue weighted by atomic mass is 28.3. The molecule has 2 nitrogen and oxygen atoms in total. The topological polar surface area (TPSA) is 29.5 Å². The van der Waals surface area contributed by atoms with Crippen LogP contribution >= 0.6 is 0 Å². The van der Waals surface area contributed by atoms with Gasteiger partial charge in [-0.05, 0) is 0 Å². The molecular formula is CH8O2Si3. The number of rotatable bonds is 1. The van der Waals surface area contributed by atoms with Crippen LogP contribution < -0.4 is 0 Å². The van der Waals surface area contributed by atoms with Gasteiger partial charge < -0.3 is 9.22 Å². The maximum absolute atomic E-state index is 8.47. The van der Waals surface area contributed by atoms with Crippen LogP contribution in [0.4, 0.5) is 0 Å². The summed E-state index contributed by atoms with van der Waals surface area (Å²) in [4.78, 5) is 0.574. The summed E-state index contributed by atoms with van der Waals surface area (Å²) in [5, 5.41) is 8.47. The monoisotopic (exact) mass is 136 g/mol. The van der Waals surface area contributed by atoms with Crippen molar-refractivity contribution in [1.82, 2.24) is 0 Å². The van der Waals surface area contributed by atoms with Gasteiger partial charge in [0.2, 0.25) is 9.38 Å². The fourth-order valence-corrected chi connectivity index (χ4v) is 3.66. The zero-order chi connectivity index (χ0) is 4.99. The number of hydrogen-bond acceptors (Lipinski definition) is 2. The van der Waals surface area contributed by atoms with Crippen LogP contribution in [0.2, 0.25) is 0 Å². The van der Waals surface area contributed by atoms with Crippen LogP contribution in [-0.2, 0) is 4.12 Å². The summed E-state index contributed by atoms with van der Waals surface area (Å²) in [6.07, 6.45) is 0. The SMILES string of the molecule is OC([SiH3])=[SiH]O[SiH3]. The molecule has 0 saturated carbocycles. The van der Waals surface area contributed by atoms with Crippen molar-refractivity contribution in [3.8, 4) is 0 Å². The van der Waals surface area contributed by atoms with E-state index in [1.165, 1.54) is 0 Å². The van der Waals surface area contributed by atoms with Crippen molar-refractivity contribution in [2.45, 2.75) is 0 Å². The van der Waals surface area contributed by atoms with E-state index >= 15 is 0 Å². The Morgan fingerprint density at radius 3 is 2.33 bits per heavy atom. The van der Waals surface area contributed by atoms with E-state index in [1.807, 2.05) is 0 Å². The van der Waals surface area contributed by atoms with Crippen LogP contribution in [0.1, 0.15) is 0 Å². The Hall–Kier alpha value is 0.121. The van der Waals surface area contributed by atoms with Crippen LogP contribution in [0, 0.1) is 0 Å².